The third kappa shape index (κ3) is 2.59. The smallest absolute Gasteiger partial charge is 0.310 e. The first kappa shape index (κ1) is 13.5. The quantitative estimate of drug-likeness (QED) is 0.806. The summed E-state index contributed by atoms with van der Waals surface area (Å²) in [6, 6.07) is 9.89. The van der Waals surface area contributed by atoms with E-state index >= 15 is 0 Å². The van der Waals surface area contributed by atoms with Crippen LogP contribution in [0.15, 0.2) is 36.5 Å². The van der Waals surface area contributed by atoms with Crippen LogP contribution in [-0.2, 0) is 20.9 Å². The van der Waals surface area contributed by atoms with Crippen LogP contribution in [0.1, 0.15) is 12.1 Å². The van der Waals surface area contributed by atoms with E-state index in [4.69, 9.17) is 4.74 Å². The number of likely N-dealkylation sites (tertiary alicyclic amines) is 1. The van der Waals surface area contributed by atoms with Gasteiger partial charge in [-0.15, -0.1) is 0 Å². The van der Waals surface area contributed by atoms with Crippen LogP contribution in [-0.4, -0.2) is 35.4 Å². The van der Waals surface area contributed by atoms with E-state index in [1.807, 2.05) is 30.3 Å². The Kier molecular flexibility index (Phi) is 3.56. The lowest BCUT2D eigenvalue weighted by molar-refractivity contribution is -0.145. The lowest BCUT2D eigenvalue weighted by Gasteiger charge is -2.16. The average molecular weight is 284 g/mol. The number of rotatable bonds is 3. The molecule has 0 bridgehead atoms. The Morgan fingerprint density at radius 1 is 1.38 bits per heavy atom. The standard InChI is InChI=1S/C16H16N2O3/c1-21-16(20)12-8-15(19)18(9-12)10-14-13-5-3-2-4-11(13)6-7-17-14/h2-7,12H,8-10H2,1H3. The summed E-state index contributed by atoms with van der Waals surface area (Å²) < 4.78 is 4.72. The van der Waals surface area contributed by atoms with Crippen molar-refractivity contribution in [2.24, 2.45) is 5.92 Å². The monoisotopic (exact) mass is 284 g/mol. The van der Waals surface area contributed by atoms with E-state index < -0.39 is 0 Å². The molecule has 2 heterocycles. The number of nitrogens with zero attached hydrogens (tertiary/aromatic N) is 2. The SMILES string of the molecule is COC(=O)C1CC(=O)N(Cc2nccc3ccccc23)C1. The van der Waals surface area contributed by atoms with Gasteiger partial charge in [-0.2, -0.15) is 0 Å². The van der Waals surface area contributed by atoms with Crippen molar-refractivity contribution >= 4 is 22.6 Å². The summed E-state index contributed by atoms with van der Waals surface area (Å²) >= 11 is 0. The van der Waals surface area contributed by atoms with Crippen molar-refractivity contribution in [3.05, 3.63) is 42.2 Å². The molecule has 0 N–H and O–H groups in total. The Hall–Kier alpha value is -2.43. The summed E-state index contributed by atoms with van der Waals surface area (Å²) in [5.41, 5.74) is 0.854. The largest absolute Gasteiger partial charge is 0.469 e. The van der Waals surface area contributed by atoms with Crippen LogP contribution >= 0.6 is 0 Å². The van der Waals surface area contributed by atoms with E-state index in [-0.39, 0.29) is 24.2 Å². The van der Waals surface area contributed by atoms with Crippen molar-refractivity contribution in [3.8, 4) is 0 Å². The molecule has 1 fully saturated rings. The van der Waals surface area contributed by atoms with Crippen molar-refractivity contribution in [1.29, 1.82) is 0 Å². The third-order valence-corrected chi connectivity index (χ3v) is 3.85. The highest BCUT2D eigenvalue weighted by Crippen LogP contribution is 2.23. The Morgan fingerprint density at radius 2 is 2.19 bits per heavy atom. The van der Waals surface area contributed by atoms with Crippen molar-refractivity contribution < 1.29 is 14.3 Å². The highest BCUT2D eigenvalue weighted by molar-refractivity contribution is 5.88. The number of carbonyl (C=O) groups is 2. The predicted octanol–water partition coefficient (Wildman–Crippen LogP) is 1.76. The maximum absolute atomic E-state index is 12.0. The molecule has 1 aliphatic rings. The van der Waals surface area contributed by atoms with Crippen LogP contribution in [0.5, 0.6) is 0 Å². The van der Waals surface area contributed by atoms with Crippen molar-refractivity contribution in [2.75, 3.05) is 13.7 Å². The van der Waals surface area contributed by atoms with E-state index in [1.54, 1.807) is 11.1 Å². The molecular weight excluding hydrogens is 268 g/mol. The Labute approximate surface area is 122 Å². The molecule has 1 amide bonds. The number of esters is 1. The Morgan fingerprint density at radius 3 is 3.00 bits per heavy atom. The summed E-state index contributed by atoms with van der Waals surface area (Å²) in [6.45, 7) is 0.824. The lowest BCUT2D eigenvalue weighted by Crippen LogP contribution is -2.26. The Balaban J connectivity index is 1.83. The molecule has 5 nitrogen and oxygen atoms in total. The topological polar surface area (TPSA) is 59.5 Å². The second-order valence-electron chi connectivity index (χ2n) is 5.18. The van der Waals surface area contributed by atoms with E-state index in [2.05, 4.69) is 4.98 Å². The molecule has 1 atom stereocenters. The molecule has 1 aromatic carbocycles. The van der Waals surface area contributed by atoms with Gasteiger partial charge in [0.1, 0.15) is 0 Å². The van der Waals surface area contributed by atoms with Crippen LogP contribution in [0, 0.1) is 5.92 Å². The van der Waals surface area contributed by atoms with E-state index in [9.17, 15) is 9.59 Å². The summed E-state index contributed by atoms with van der Waals surface area (Å²) in [4.78, 5) is 29.7. The Bertz CT molecular complexity index is 693. The third-order valence-electron chi connectivity index (χ3n) is 3.85. The number of fused-ring (bicyclic) bond motifs is 1. The number of ether oxygens (including phenoxy) is 1. The van der Waals surface area contributed by atoms with E-state index in [0.29, 0.717) is 13.1 Å². The number of benzene rings is 1. The molecule has 2 aromatic rings. The fraction of sp³-hybridized carbons (Fsp3) is 0.312. The molecule has 1 aliphatic heterocycles. The molecule has 0 aliphatic carbocycles. The number of carbonyl (C=O) groups excluding carboxylic acids is 2. The van der Waals surface area contributed by atoms with Crippen LogP contribution < -0.4 is 0 Å². The second kappa shape index (κ2) is 5.52. The number of methoxy groups -OCH3 is 1. The summed E-state index contributed by atoms with van der Waals surface area (Å²) in [7, 11) is 1.35. The highest BCUT2D eigenvalue weighted by Gasteiger charge is 2.35. The summed E-state index contributed by atoms with van der Waals surface area (Å²) in [6.07, 6.45) is 1.97. The van der Waals surface area contributed by atoms with Crippen LogP contribution in [0.3, 0.4) is 0 Å². The molecular formula is C16H16N2O3. The van der Waals surface area contributed by atoms with Crippen LogP contribution in [0.2, 0.25) is 0 Å². The molecule has 21 heavy (non-hydrogen) atoms. The maximum atomic E-state index is 12.0. The van der Waals surface area contributed by atoms with Gasteiger partial charge < -0.3 is 9.64 Å². The number of pyridine rings is 1. The number of hydrogen-bond donors (Lipinski definition) is 0. The highest BCUT2D eigenvalue weighted by atomic mass is 16.5. The van der Waals surface area contributed by atoms with Gasteiger partial charge in [-0.1, -0.05) is 24.3 Å². The first-order valence-electron chi connectivity index (χ1n) is 6.87. The molecule has 0 radical (unpaired) electrons. The van der Waals surface area contributed by atoms with Gasteiger partial charge in [0.05, 0.1) is 25.3 Å². The maximum Gasteiger partial charge on any atom is 0.310 e. The minimum Gasteiger partial charge on any atom is -0.469 e. The van der Waals surface area contributed by atoms with E-state index in [0.717, 1.165) is 16.5 Å². The summed E-state index contributed by atoms with van der Waals surface area (Å²) in [5.74, 6) is -0.714. The zero-order valence-corrected chi connectivity index (χ0v) is 11.8. The molecule has 1 unspecified atom stereocenters. The summed E-state index contributed by atoms with van der Waals surface area (Å²) in [5, 5.41) is 2.13. The van der Waals surface area contributed by atoms with Crippen molar-refractivity contribution in [1.82, 2.24) is 9.88 Å². The van der Waals surface area contributed by atoms with Crippen LogP contribution in [0.25, 0.3) is 10.8 Å². The van der Waals surface area contributed by atoms with Gasteiger partial charge in [-0.05, 0) is 11.5 Å². The minimum absolute atomic E-state index is 0.0277. The normalized spacial score (nSPS) is 18.2. The molecule has 0 spiro atoms. The fourth-order valence-electron chi connectivity index (χ4n) is 2.74. The first-order chi connectivity index (χ1) is 10.2. The van der Waals surface area contributed by atoms with Gasteiger partial charge in [0.25, 0.3) is 0 Å². The second-order valence-corrected chi connectivity index (χ2v) is 5.18. The first-order valence-corrected chi connectivity index (χ1v) is 6.87. The minimum atomic E-state index is -0.363. The predicted molar refractivity (Wildman–Crippen MR) is 77.3 cm³/mol. The van der Waals surface area contributed by atoms with Gasteiger partial charge in [-0.3, -0.25) is 14.6 Å². The zero-order valence-electron chi connectivity index (χ0n) is 11.8. The molecule has 108 valence electrons. The number of aromatic nitrogens is 1. The van der Waals surface area contributed by atoms with Gasteiger partial charge in [0, 0.05) is 24.5 Å². The molecule has 1 saturated heterocycles. The molecule has 0 saturated carbocycles. The number of amides is 1. The van der Waals surface area contributed by atoms with Gasteiger partial charge >= 0.3 is 5.97 Å². The number of hydrogen-bond acceptors (Lipinski definition) is 4. The average Bonchev–Trinajstić information content (AvgIpc) is 2.88. The van der Waals surface area contributed by atoms with Crippen molar-refractivity contribution in [2.45, 2.75) is 13.0 Å². The molecule has 3 rings (SSSR count). The van der Waals surface area contributed by atoms with Crippen molar-refractivity contribution in [3.63, 3.8) is 0 Å². The molecule has 1 aromatic heterocycles. The van der Waals surface area contributed by atoms with Gasteiger partial charge in [-0.25, -0.2) is 0 Å². The zero-order chi connectivity index (χ0) is 14.8. The lowest BCUT2D eigenvalue weighted by atomic mass is 10.1. The molecule has 5 heteroatoms. The van der Waals surface area contributed by atoms with E-state index in [1.165, 1.54) is 7.11 Å². The van der Waals surface area contributed by atoms with Crippen LogP contribution in [0.4, 0.5) is 0 Å². The fourth-order valence-corrected chi connectivity index (χ4v) is 2.74. The van der Waals surface area contributed by atoms with Gasteiger partial charge in [0.2, 0.25) is 5.91 Å². The van der Waals surface area contributed by atoms with Gasteiger partial charge in [0.15, 0.2) is 0 Å².